The van der Waals surface area contributed by atoms with E-state index in [4.69, 9.17) is 20.4 Å². The summed E-state index contributed by atoms with van der Waals surface area (Å²) >= 11 is 0. The fraction of sp³-hybridized carbons (Fsp3) is 0.714. The van der Waals surface area contributed by atoms with Gasteiger partial charge in [-0.15, -0.1) is 0 Å². The maximum atomic E-state index is 11.0. The van der Waals surface area contributed by atoms with Gasteiger partial charge in [0.25, 0.3) is 0 Å². The van der Waals surface area contributed by atoms with E-state index in [1.165, 1.54) is 4.90 Å². The van der Waals surface area contributed by atoms with Gasteiger partial charge in [-0.25, -0.2) is 0 Å². The summed E-state index contributed by atoms with van der Waals surface area (Å²) in [5, 5.41) is 35.8. The standard InChI is InChI=1S/C14H24N2O8/c1-14(2,3)9(16(7-12(21)22)8-13(23)24)4-15(5-10(17)18)6-11(19)20/h9H,4-8H2,1-3H3,(H,17,18)(H,19,20)(H,21,22)(H,23,24). The molecule has 0 aromatic heterocycles. The van der Waals surface area contributed by atoms with Gasteiger partial charge >= 0.3 is 23.9 Å². The molecule has 10 heteroatoms. The zero-order valence-electron chi connectivity index (χ0n) is 13.9. The number of carboxylic acid groups (broad SMARTS) is 4. The van der Waals surface area contributed by atoms with Crippen molar-refractivity contribution in [3.63, 3.8) is 0 Å². The van der Waals surface area contributed by atoms with E-state index in [0.717, 1.165) is 4.90 Å². The van der Waals surface area contributed by atoms with Crippen LogP contribution >= 0.6 is 0 Å². The Kier molecular flexibility index (Phi) is 8.34. The Hall–Kier alpha value is -2.20. The first kappa shape index (κ1) is 21.8. The number of nitrogens with zero attached hydrogens (tertiary/aromatic N) is 2. The Morgan fingerprint density at radius 1 is 0.750 bits per heavy atom. The molecule has 24 heavy (non-hydrogen) atoms. The molecule has 0 bridgehead atoms. The van der Waals surface area contributed by atoms with E-state index < -0.39 is 61.5 Å². The third kappa shape index (κ3) is 9.06. The summed E-state index contributed by atoms with van der Waals surface area (Å²) in [4.78, 5) is 46.2. The lowest BCUT2D eigenvalue weighted by atomic mass is 9.85. The van der Waals surface area contributed by atoms with Crippen LogP contribution in [-0.4, -0.2) is 92.9 Å². The van der Waals surface area contributed by atoms with Gasteiger partial charge in [-0.1, -0.05) is 20.8 Å². The van der Waals surface area contributed by atoms with Crippen molar-refractivity contribution >= 4 is 23.9 Å². The van der Waals surface area contributed by atoms with Gasteiger partial charge < -0.3 is 20.4 Å². The second-order valence-corrected chi connectivity index (χ2v) is 6.53. The molecule has 1 unspecified atom stereocenters. The average Bonchev–Trinajstić information content (AvgIpc) is 2.30. The van der Waals surface area contributed by atoms with Gasteiger partial charge in [0.2, 0.25) is 0 Å². The number of carboxylic acids is 4. The van der Waals surface area contributed by atoms with Crippen molar-refractivity contribution < 1.29 is 39.6 Å². The fourth-order valence-electron chi connectivity index (χ4n) is 2.37. The third-order valence-corrected chi connectivity index (χ3v) is 3.27. The van der Waals surface area contributed by atoms with E-state index >= 15 is 0 Å². The summed E-state index contributed by atoms with van der Waals surface area (Å²) in [6.07, 6.45) is 0. The minimum absolute atomic E-state index is 0.0946. The molecule has 10 nitrogen and oxygen atoms in total. The third-order valence-electron chi connectivity index (χ3n) is 3.27. The predicted molar refractivity (Wildman–Crippen MR) is 81.8 cm³/mol. The van der Waals surface area contributed by atoms with Crippen molar-refractivity contribution in [2.45, 2.75) is 26.8 Å². The van der Waals surface area contributed by atoms with Crippen LogP contribution < -0.4 is 0 Å². The molecule has 0 heterocycles. The SMILES string of the molecule is CC(C)(C)C(CN(CC(=O)O)CC(=O)O)N(CC(=O)O)CC(=O)O. The molecule has 0 amide bonds. The van der Waals surface area contributed by atoms with Crippen LogP contribution in [0.4, 0.5) is 0 Å². The lowest BCUT2D eigenvalue weighted by Gasteiger charge is -2.41. The normalized spacial score (nSPS) is 13.0. The van der Waals surface area contributed by atoms with Gasteiger partial charge in [0, 0.05) is 12.6 Å². The number of aliphatic carboxylic acids is 4. The van der Waals surface area contributed by atoms with Crippen LogP contribution in [0.1, 0.15) is 20.8 Å². The highest BCUT2D eigenvalue weighted by atomic mass is 16.4. The molecule has 0 spiro atoms. The van der Waals surface area contributed by atoms with Crippen molar-refractivity contribution in [2.75, 3.05) is 32.7 Å². The lowest BCUT2D eigenvalue weighted by Crippen LogP contribution is -2.55. The quantitative estimate of drug-likeness (QED) is 0.378. The topological polar surface area (TPSA) is 156 Å². The molecule has 0 fully saturated rings. The first-order chi connectivity index (χ1) is 10.8. The van der Waals surface area contributed by atoms with Crippen molar-refractivity contribution in [2.24, 2.45) is 5.41 Å². The summed E-state index contributed by atoms with van der Waals surface area (Å²) in [6.45, 7) is 2.93. The van der Waals surface area contributed by atoms with Crippen LogP contribution in [-0.2, 0) is 19.2 Å². The average molecular weight is 348 g/mol. The molecule has 0 radical (unpaired) electrons. The van der Waals surface area contributed by atoms with Crippen molar-refractivity contribution in [1.29, 1.82) is 0 Å². The first-order valence-electron chi connectivity index (χ1n) is 7.16. The van der Waals surface area contributed by atoms with Crippen molar-refractivity contribution in [3.8, 4) is 0 Å². The maximum Gasteiger partial charge on any atom is 0.317 e. The van der Waals surface area contributed by atoms with Crippen LogP contribution in [0.25, 0.3) is 0 Å². The summed E-state index contributed by atoms with van der Waals surface area (Å²) in [5.74, 6) is -4.92. The Bertz CT molecular complexity index is 454. The molecule has 0 aromatic carbocycles. The van der Waals surface area contributed by atoms with E-state index in [9.17, 15) is 19.2 Å². The first-order valence-corrected chi connectivity index (χ1v) is 7.16. The highest BCUT2D eigenvalue weighted by Crippen LogP contribution is 2.25. The summed E-state index contributed by atoms with van der Waals surface area (Å²) in [5.41, 5.74) is -0.611. The number of hydrogen-bond donors (Lipinski definition) is 4. The zero-order chi connectivity index (χ0) is 19.1. The smallest absolute Gasteiger partial charge is 0.317 e. The molecule has 0 saturated heterocycles. The van der Waals surface area contributed by atoms with Gasteiger partial charge in [0.05, 0.1) is 26.2 Å². The second kappa shape index (κ2) is 9.18. The molecule has 0 aliphatic heterocycles. The molecular weight excluding hydrogens is 324 g/mol. The molecule has 0 saturated carbocycles. The van der Waals surface area contributed by atoms with Crippen molar-refractivity contribution in [3.05, 3.63) is 0 Å². The molecule has 138 valence electrons. The lowest BCUT2D eigenvalue weighted by molar-refractivity contribution is -0.147. The fourth-order valence-corrected chi connectivity index (χ4v) is 2.37. The molecule has 0 aliphatic rings. The maximum absolute atomic E-state index is 11.0. The minimum atomic E-state index is -1.23. The van der Waals surface area contributed by atoms with Crippen LogP contribution in [0, 0.1) is 5.41 Å². The Morgan fingerprint density at radius 3 is 1.33 bits per heavy atom. The van der Waals surface area contributed by atoms with Gasteiger partial charge in [0.1, 0.15) is 0 Å². The second-order valence-electron chi connectivity index (χ2n) is 6.53. The molecule has 0 aliphatic carbocycles. The van der Waals surface area contributed by atoms with E-state index in [1.807, 2.05) is 0 Å². The Morgan fingerprint density at radius 2 is 1.08 bits per heavy atom. The molecular formula is C14H24N2O8. The molecule has 0 aromatic rings. The van der Waals surface area contributed by atoms with Gasteiger partial charge in [-0.05, 0) is 5.41 Å². The number of rotatable bonds is 11. The van der Waals surface area contributed by atoms with Gasteiger partial charge in [-0.2, -0.15) is 0 Å². The van der Waals surface area contributed by atoms with E-state index in [1.54, 1.807) is 20.8 Å². The molecule has 4 N–H and O–H groups in total. The highest BCUT2D eigenvalue weighted by Gasteiger charge is 2.34. The minimum Gasteiger partial charge on any atom is -0.480 e. The zero-order valence-corrected chi connectivity index (χ0v) is 13.9. The summed E-state index contributed by atoms with van der Waals surface area (Å²) in [7, 11) is 0. The van der Waals surface area contributed by atoms with Crippen molar-refractivity contribution in [1.82, 2.24) is 9.80 Å². The van der Waals surface area contributed by atoms with E-state index in [-0.39, 0.29) is 6.54 Å². The summed E-state index contributed by atoms with van der Waals surface area (Å²) < 4.78 is 0. The van der Waals surface area contributed by atoms with Crippen LogP contribution in [0.5, 0.6) is 0 Å². The number of hydrogen-bond acceptors (Lipinski definition) is 6. The number of carbonyl (C=O) groups is 4. The van der Waals surface area contributed by atoms with Crippen LogP contribution in [0.3, 0.4) is 0 Å². The van der Waals surface area contributed by atoms with Gasteiger partial charge in [0.15, 0.2) is 0 Å². The highest BCUT2D eigenvalue weighted by molar-refractivity contribution is 5.73. The van der Waals surface area contributed by atoms with Gasteiger partial charge in [-0.3, -0.25) is 29.0 Å². The predicted octanol–water partition coefficient (Wildman–Crippen LogP) is -0.656. The molecule has 1 atom stereocenters. The Balaban J connectivity index is 5.51. The monoisotopic (exact) mass is 348 g/mol. The Labute approximate surface area is 139 Å². The van der Waals surface area contributed by atoms with E-state index in [2.05, 4.69) is 0 Å². The van der Waals surface area contributed by atoms with Crippen LogP contribution in [0.2, 0.25) is 0 Å². The summed E-state index contributed by atoms with van der Waals surface area (Å²) in [6, 6.07) is -0.677. The van der Waals surface area contributed by atoms with E-state index in [0.29, 0.717) is 0 Å². The largest absolute Gasteiger partial charge is 0.480 e. The molecule has 0 rings (SSSR count). The van der Waals surface area contributed by atoms with Crippen LogP contribution in [0.15, 0.2) is 0 Å².